The van der Waals surface area contributed by atoms with Crippen LogP contribution in [0.5, 0.6) is 0 Å². The highest BCUT2D eigenvalue weighted by atomic mass is 79.9. The second kappa shape index (κ2) is 5.62. The van der Waals surface area contributed by atoms with E-state index in [1.807, 2.05) is 12.1 Å². The molecule has 1 aromatic carbocycles. The first-order valence-corrected chi connectivity index (χ1v) is 7.01. The van der Waals surface area contributed by atoms with Crippen LogP contribution in [0.4, 0.5) is 0 Å². The fourth-order valence-corrected chi connectivity index (χ4v) is 2.78. The van der Waals surface area contributed by atoms with E-state index in [4.69, 9.17) is 5.73 Å². The summed E-state index contributed by atoms with van der Waals surface area (Å²) in [5.41, 5.74) is 8.75. The molecule has 2 rings (SSSR count). The number of thiophene rings is 1. The van der Waals surface area contributed by atoms with Crippen LogP contribution < -0.4 is 5.73 Å². The van der Waals surface area contributed by atoms with E-state index in [0.717, 1.165) is 17.3 Å². The fraction of sp³-hybridized carbons (Fsp3) is 0.231. The number of halogens is 1. The number of hydrogen-bond donors (Lipinski definition) is 1. The van der Waals surface area contributed by atoms with Gasteiger partial charge in [0.15, 0.2) is 0 Å². The molecule has 0 saturated carbocycles. The monoisotopic (exact) mass is 295 g/mol. The minimum atomic E-state index is 0.123. The Morgan fingerprint density at radius 2 is 2.19 bits per heavy atom. The Labute approximate surface area is 108 Å². The van der Waals surface area contributed by atoms with Gasteiger partial charge < -0.3 is 5.73 Å². The molecular weight excluding hydrogens is 282 g/mol. The van der Waals surface area contributed by atoms with Crippen LogP contribution >= 0.6 is 27.3 Å². The molecule has 1 nitrogen and oxygen atoms in total. The molecule has 0 spiro atoms. The normalized spacial score (nSPS) is 12.6. The third-order valence-electron chi connectivity index (χ3n) is 2.60. The largest absolute Gasteiger partial charge is 0.324 e. The molecule has 2 N–H and O–H groups in total. The number of aryl methyl sites for hydroxylation is 1. The first kappa shape index (κ1) is 11.8. The number of hydrogen-bond acceptors (Lipinski definition) is 2. The zero-order valence-corrected chi connectivity index (χ0v) is 11.3. The maximum Gasteiger partial charge on any atom is 0.0298 e. The molecule has 0 radical (unpaired) electrons. The van der Waals surface area contributed by atoms with Crippen molar-refractivity contribution in [1.29, 1.82) is 0 Å². The lowest BCUT2D eigenvalue weighted by Gasteiger charge is -2.11. The van der Waals surface area contributed by atoms with Crippen LogP contribution in [0.2, 0.25) is 0 Å². The second-order valence-corrected chi connectivity index (χ2v) is 5.53. The van der Waals surface area contributed by atoms with Gasteiger partial charge in [-0.05, 0) is 52.9 Å². The molecule has 1 aromatic heterocycles. The van der Waals surface area contributed by atoms with Crippen LogP contribution in [0.25, 0.3) is 0 Å². The highest BCUT2D eigenvalue weighted by Gasteiger charge is 2.06. The SMILES string of the molecule is NC(CCc1ccsc1)c1cccc(Br)c1. The van der Waals surface area contributed by atoms with Gasteiger partial charge in [0, 0.05) is 10.5 Å². The Morgan fingerprint density at radius 1 is 1.31 bits per heavy atom. The van der Waals surface area contributed by atoms with E-state index in [0.29, 0.717) is 0 Å². The maximum absolute atomic E-state index is 6.16. The topological polar surface area (TPSA) is 26.0 Å². The standard InChI is InChI=1S/C13H14BrNS/c14-12-3-1-2-11(8-12)13(15)5-4-10-6-7-16-9-10/h1-3,6-9,13H,4-5,15H2. The van der Waals surface area contributed by atoms with Gasteiger partial charge in [-0.2, -0.15) is 11.3 Å². The Balaban J connectivity index is 1.95. The predicted molar refractivity (Wildman–Crippen MR) is 73.7 cm³/mol. The van der Waals surface area contributed by atoms with Crippen LogP contribution in [0.1, 0.15) is 23.6 Å². The quantitative estimate of drug-likeness (QED) is 0.901. The van der Waals surface area contributed by atoms with Gasteiger partial charge in [-0.15, -0.1) is 0 Å². The first-order valence-electron chi connectivity index (χ1n) is 5.28. The lowest BCUT2D eigenvalue weighted by molar-refractivity contribution is 0.652. The molecule has 3 heteroatoms. The molecule has 0 aliphatic rings. The van der Waals surface area contributed by atoms with Gasteiger partial charge in [0.05, 0.1) is 0 Å². The Hall–Kier alpha value is -0.640. The van der Waals surface area contributed by atoms with Crippen LogP contribution in [-0.4, -0.2) is 0 Å². The molecule has 1 unspecified atom stereocenters. The van der Waals surface area contributed by atoms with Gasteiger partial charge >= 0.3 is 0 Å². The van der Waals surface area contributed by atoms with Crippen molar-refractivity contribution in [1.82, 2.24) is 0 Å². The molecule has 0 fully saturated rings. The van der Waals surface area contributed by atoms with Crippen LogP contribution in [0.3, 0.4) is 0 Å². The zero-order valence-electron chi connectivity index (χ0n) is 8.90. The third kappa shape index (κ3) is 3.17. The molecule has 1 heterocycles. The van der Waals surface area contributed by atoms with Gasteiger partial charge in [0.1, 0.15) is 0 Å². The molecule has 0 amide bonds. The van der Waals surface area contributed by atoms with Crippen molar-refractivity contribution in [3.05, 3.63) is 56.7 Å². The summed E-state index contributed by atoms with van der Waals surface area (Å²) < 4.78 is 1.09. The summed E-state index contributed by atoms with van der Waals surface area (Å²) in [5.74, 6) is 0. The van der Waals surface area contributed by atoms with Crippen molar-refractivity contribution < 1.29 is 0 Å². The van der Waals surface area contributed by atoms with E-state index in [2.05, 4.69) is 44.9 Å². The Morgan fingerprint density at radius 3 is 2.88 bits per heavy atom. The first-order chi connectivity index (χ1) is 7.75. The summed E-state index contributed by atoms with van der Waals surface area (Å²) in [7, 11) is 0. The van der Waals surface area contributed by atoms with Crippen LogP contribution in [0, 0.1) is 0 Å². The highest BCUT2D eigenvalue weighted by molar-refractivity contribution is 9.10. The fourth-order valence-electron chi connectivity index (χ4n) is 1.66. The van der Waals surface area contributed by atoms with Crippen LogP contribution in [0.15, 0.2) is 45.6 Å². The molecule has 0 aliphatic carbocycles. The summed E-state index contributed by atoms with van der Waals surface area (Å²) in [6.07, 6.45) is 2.05. The molecule has 0 aliphatic heterocycles. The highest BCUT2D eigenvalue weighted by Crippen LogP contribution is 2.21. The summed E-state index contributed by atoms with van der Waals surface area (Å²) >= 11 is 5.21. The minimum absolute atomic E-state index is 0.123. The third-order valence-corrected chi connectivity index (χ3v) is 3.83. The molecule has 16 heavy (non-hydrogen) atoms. The lowest BCUT2D eigenvalue weighted by Crippen LogP contribution is -2.11. The molecule has 84 valence electrons. The van der Waals surface area contributed by atoms with Gasteiger partial charge in [0.25, 0.3) is 0 Å². The van der Waals surface area contributed by atoms with Crippen LogP contribution in [-0.2, 0) is 6.42 Å². The predicted octanol–water partition coefficient (Wildman–Crippen LogP) is 4.14. The summed E-state index contributed by atoms with van der Waals surface area (Å²) in [6, 6.07) is 10.5. The molecule has 0 bridgehead atoms. The van der Waals surface area contributed by atoms with Crippen molar-refractivity contribution in [3.63, 3.8) is 0 Å². The lowest BCUT2D eigenvalue weighted by atomic mass is 10.0. The molecular formula is C13H14BrNS. The van der Waals surface area contributed by atoms with Crippen molar-refractivity contribution in [3.8, 4) is 0 Å². The average molecular weight is 296 g/mol. The summed E-state index contributed by atoms with van der Waals surface area (Å²) in [4.78, 5) is 0. The molecule has 0 saturated heterocycles. The number of nitrogens with two attached hydrogens (primary N) is 1. The second-order valence-electron chi connectivity index (χ2n) is 3.83. The summed E-state index contributed by atoms with van der Waals surface area (Å²) in [6.45, 7) is 0. The van der Waals surface area contributed by atoms with E-state index in [-0.39, 0.29) is 6.04 Å². The van der Waals surface area contributed by atoms with E-state index in [9.17, 15) is 0 Å². The summed E-state index contributed by atoms with van der Waals surface area (Å²) in [5, 5.41) is 4.30. The van der Waals surface area contributed by atoms with E-state index >= 15 is 0 Å². The number of rotatable bonds is 4. The van der Waals surface area contributed by atoms with Crippen molar-refractivity contribution in [2.24, 2.45) is 5.73 Å². The maximum atomic E-state index is 6.16. The average Bonchev–Trinajstić information content (AvgIpc) is 2.78. The zero-order chi connectivity index (χ0) is 11.4. The van der Waals surface area contributed by atoms with E-state index in [1.165, 1.54) is 11.1 Å². The van der Waals surface area contributed by atoms with Gasteiger partial charge in [-0.1, -0.05) is 28.1 Å². The van der Waals surface area contributed by atoms with Gasteiger partial charge in [-0.3, -0.25) is 0 Å². The minimum Gasteiger partial charge on any atom is -0.324 e. The van der Waals surface area contributed by atoms with Crippen molar-refractivity contribution in [2.75, 3.05) is 0 Å². The van der Waals surface area contributed by atoms with E-state index in [1.54, 1.807) is 11.3 Å². The molecule has 1 atom stereocenters. The Bertz CT molecular complexity index is 439. The van der Waals surface area contributed by atoms with Crippen molar-refractivity contribution >= 4 is 27.3 Å². The van der Waals surface area contributed by atoms with Gasteiger partial charge in [-0.25, -0.2) is 0 Å². The Kier molecular flexibility index (Phi) is 4.16. The smallest absolute Gasteiger partial charge is 0.0298 e. The molecule has 2 aromatic rings. The van der Waals surface area contributed by atoms with E-state index < -0.39 is 0 Å². The van der Waals surface area contributed by atoms with Gasteiger partial charge in [0.2, 0.25) is 0 Å². The van der Waals surface area contributed by atoms with Crippen molar-refractivity contribution in [2.45, 2.75) is 18.9 Å². The number of benzene rings is 1.